The van der Waals surface area contributed by atoms with Crippen molar-refractivity contribution in [3.05, 3.63) is 71.9 Å². The topological polar surface area (TPSA) is 58.6 Å². The third kappa shape index (κ3) is 5.03. The highest BCUT2D eigenvalue weighted by molar-refractivity contribution is 5.81. The van der Waals surface area contributed by atoms with Gasteiger partial charge in [-0.2, -0.15) is 0 Å². The lowest BCUT2D eigenvalue weighted by atomic mass is 10.2. The molecule has 2 aromatic rings. The quantitative estimate of drug-likeness (QED) is 0.794. The third-order valence-electron chi connectivity index (χ3n) is 2.76. The van der Waals surface area contributed by atoms with Gasteiger partial charge in [0.15, 0.2) is 0 Å². The molecule has 0 fully saturated rings. The molecule has 2 aromatic carbocycles. The van der Waals surface area contributed by atoms with Crippen LogP contribution in [0.15, 0.2) is 66.4 Å². The average molecular weight is 283 g/mol. The van der Waals surface area contributed by atoms with Crippen LogP contribution in [0.2, 0.25) is 0 Å². The molecule has 0 aliphatic carbocycles. The minimum Gasteiger partial charge on any atom is -0.489 e. The monoisotopic (exact) mass is 283 g/mol. The largest absolute Gasteiger partial charge is 0.489 e. The number of carbonyl (C=O) groups is 1. The Kier molecular flexibility index (Phi) is 4.99. The Hall–Kier alpha value is -2.75. The fourth-order valence-electron chi connectivity index (χ4n) is 1.85. The Morgan fingerprint density at radius 1 is 1.19 bits per heavy atom. The summed E-state index contributed by atoms with van der Waals surface area (Å²) in [6, 6.07) is 17.3. The number of aliphatic carboxylic acids is 1. The van der Waals surface area contributed by atoms with Crippen molar-refractivity contribution in [3.8, 4) is 5.75 Å². The van der Waals surface area contributed by atoms with Crippen LogP contribution in [0.5, 0.6) is 5.75 Å². The van der Waals surface area contributed by atoms with E-state index in [1.807, 2.05) is 54.6 Å². The first-order chi connectivity index (χ1) is 10.1. The standard InChI is InChI=1S/C17H17NO3/c1-13(10-17(19)20)18-15-8-5-9-16(11-15)21-12-14-6-3-2-4-7-14/h2-11,18H,12H2,1H3,(H,19,20)/b13-10-. The van der Waals surface area contributed by atoms with Crippen LogP contribution in [-0.4, -0.2) is 11.1 Å². The second kappa shape index (κ2) is 7.14. The van der Waals surface area contributed by atoms with Crippen molar-refractivity contribution >= 4 is 11.7 Å². The number of rotatable bonds is 6. The smallest absolute Gasteiger partial charge is 0.330 e. The minimum absolute atomic E-state index is 0.494. The van der Waals surface area contributed by atoms with Gasteiger partial charge in [-0.25, -0.2) is 4.79 Å². The highest BCUT2D eigenvalue weighted by Crippen LogP contribution is 2.19. The second-order valence-corrected chi connectivity index (χ2v) is 4.59. The number of anilines is 1. The van der Waals surface area contributed by atoms with E-state index < -0.39 is 5.97 Å². The molecule has 0 amide bonds. The predicted molar refractivity (Wildman–Crippen MR) is 82.2 cm³/mol. The van der Waals surface area contributed by atoms with E-state index in [2.05, 4.69) is 5.32 Å². The fourth-order valence-corrected chi connectivity index (χ4v) is 1.85. The maximum atomic E-state index is 10.6. The fraction of sp³-hybridized carbons (Fsp3) is 0.118. The molecule has 0 saturated heterocycles. The molecule has 0 unspecified atom stereocenters. The van der Waals surface area contributed by atoms with Crippen molar-refractivity contribution in [2.24, 2.45) is 0 Å². The van der Waals surface area contributed by atoms with Crippen molar-refractivity contribution in [3.63, 3.8) is 0 Å². The van der Waals surface area contributed by atoms with Crippen LogP contribution in [0, 0.1) is 0 Å². The van der Waals surface area contributed by atoms with E-state index >= 15 is 0 Å². The molecule has 108 valence electrons. The minimum atomic E-state index is -0.975. The summed E-state index contributed by atoms with van der Waals surface area (Å²) in [6.45, 7) is 2.19. The second-order valence-electron chi connectivity index (χ2n) is 4.59. The Morgan fingerprint density at radius 2 is 1.95 bits per heavy atom. The van der Waals surface area contributed by atoms with Gasteiger partial charge in [-0.3, -0.25) is 0 Å². The molecule has 0 heterocycles. The van der Waals surface area contributed by atoms with E-state index in [1.165, 1.54) is 0 Å². The molecule has 21 heavy (non-hydrogen) atoms. The van der Waals surface area contributed by atoms with Crippen molar-refractivity contribution < 1.29 is 14.6 Å². The molecule has 0 aromatic heterocycles. The molecular formula is C17H17NO3. The zero-order valence-corrected chi connectivity index (χ0v) is 11.7. The van der Waals surface area contributed by atoms with Gasteiger partial charge in [0.2, 0.25) is 0 Å². The normalized spacial score (nSPS) is 11.0. The predicted octanol–water partition coefficient (Wildman–Crippen LogP) is 3.67. The van der Waals surface area contributed by atoms with Gasteiger partial charge >= 0.3 is 5.97 Å². The van der Waals surface area contributed by atoms with Crippen LogP contribution >= 0.6 is 0 Å². The zero-order chi connectivity index (χ0) is 15.1. The van der Waals surface area contributed by atoms with Crippen molar-refractivity contribution in [2.45, 2.75) is 13.5 Å². The molecule has 0 saturated carbocycles. The number of hydrogen-bond donors (Lipinski definition) is 2. The van der Waals surface area contributed by atoms with Gasteiger partial charge in [0, 0.05) is 23.5 Å². The van der Waals surface area contributed by atoms with E-state index in [1.54, 1.807) is 6.92 Å². The van der Waals surface area contributed by atoms with Gasteiger partial charge in [-0.1, -0.05) is 36.4 Å². The van der Waals surface area contributed by atoms with Gasteiger partial charge in [0.1, 0.15) is 12.4 Å². The van der Waals surface area contributed by atoms with Gasteiger partial charge in [-0.05, 0) is 24.6 Å². The summed E-state index contributed by atoms with van der Waals surface area (Å²) in [5, 5.41) is 11.7. The Bertz CT molecular complexity index is 635. The van der Waals surface area contributed by atoms with Crippen LogP contribution in [-0.2, 0) is 11.4 Å². The van der Waals surface area contributed by atoms with Crippen molar-refractivity contribution in [1.29, 1.82) is 0 Å². The summed E-state index contributed by atoms with van der Waals surface area (Å²) >= 11 is 0. The number of ether oxygens (including phenoxy) is 1. The van der Waals surface area contributed by atoms with Crippen LogP contribution in [0.1, 0.15) is 12.5 Å². The van der Waals surface area contributed by atoms with Crippen LogP contribution in [0.25, 0.3) is 0 Å². The lowest BCUT2D eigenvalue weighted by molar-refractivity contribution is -0.131. The average Bonchev–Trinajstić information content (AvgIpc) is 2.46. The van der Waals surface area contributed by atoms with Gasteiger partial charge in [0.25, 0.3) is 0 Å². The first-order valence-corrected chi connectivity index (χ1v) is 6.58. The first kappa shape index (κ1) is 14.7. The lowest BCUT2D eigenvalue weighted by Gasteiger charge is -2.10. The number of benzene rings is 2. The SMILES string of the molecule is C/C(=C/C(=O)O)Nc1cccc(OCc2ccccc2)c1. The van der Waals surface area contributed by atoms with Crippen LogP contribution < -0.4 is 10.1 Å². The summed E-state index contributed by atoms with van der Waals surface area (Å²) in [5.41, 5.74) is 2.44. The molecule has 0 aliphatic rings. The summed E-state index contributed by atoms with van der Waals surface area (Å²) in [4.78, 5) is 10.6. The third-order valence-corrected chi connectivity index (χ3v) is 2.76. The maximum Gasteiger partial charge on any atom is 0.330 e. The molecule has 4 nitrogen and oxygen atoms in total. The summed E-state index contributed by atoms with van der Waals surface area (Å²) in [7, 11) is 0. The summed E-state index contributed by atoms with van der Waals surface area (Å²) < 4.78 is 5.72. The highest BCUT2D eigenvalue weighted by Gasteiger charge is 2.00. The van der Waals surface area contributed by atoms with Gasteiger partial charge in [-0.15, -0.1) is 0 Å². The molecule has 4 heteroatoms. The number of nitrogens with one attached hydrogen (secondary N) is 1. The molecule has 0 spiro atoms. The van der Waals surface area contributed by atoms with E-state index in [4.69, 9.17) is 9.84 Å². The Balaban J connectivity index is 1.99. The molecule has 0 aliphatic heterocycles. The first-order valence-electron chi connectivity index (χ1n) is 6.58. The van der Waals surface area contributed by atoms with Gasteiger partial charge < -0.3 is 15.2 Å². The van der Waals surface area contributed by atoms with Crippen LogP contribution in [0.3, 0.4) is 0 Å². The number of carboxylic acids is 1. The van der Waals surface area contributed by atoms with E-state index in [0.29, 0.717) is 12.3 Å². The summed E-state index contributed by atoms with van der Waals surface area (Å²) in [6.07, 6.45) is 1.12. The molecule has 0 atom stereocenters. The number of carboxylic acid groups (broad SMARTS) is 1. The van der Waals surface area contributed by atoms with E-state index in [-0.39, 0.29) is 0 Å². The van der Waals surface area contributed by atoms with Crippen molar-refractivity contribution in [2.75, 3.05) is 5.32 Å². The Labute approximate surface area is 123 Å². The molecule has 0 bridgehead atoms. The number of hydrogen-bond acceptors (Lipinski definition) is 3. The molecule has 2 N–H and O–H groups in total. The number of allylic oxidation sites excluding steroid dienone is 1. The highest BCUT2D eigenvalue weighted by atomic mass is 16.5. The van der Waals surface area contributed by atoms with E-state index in [0.717, 1.165) is 23.1 Å². The van der Waals surface area contributed by atoms with E-state index in [9.17, 15) is 4.79 Å². The molecule has 2 rings (SSSR count). The Morgan fingerprint density at radius 3 is 2.67 bits per heavy atom. The molecule has 0 radical (unpaired) electrons. The van der Waals surface area contributed by atoms with Gasteiger partial charge in [0.05, 0.1) is 0 Å². The molecular weight excluding hydrogens is 266 g/mol. The zero-order valence-electron chi connectivity index (χ0n) is 11.7. The summed E-state index contributed by atoms with van der Waals surface area (Å²) in [5.74, 6) is -0.247. The van der Waals surface area contributed by atoms with Crippen molar-refractivity contribution in [1.82, 2.24) is 0 Å². The van der Waals surface area contributed by atoms with Crippen LogP contribution in [0.4, 0.5) is 5.69 Å². The lowest BCUT2D eigenvalue weighted by Crippen LogP contribution is -2.00. The maximum absolute atomic E-state index is 10.6.